The van der Waals surface area contributed by atoms with Gasteiger partial charge in [0.25, 0.3) is 0 Å². The maximum Gasteiger partial charge on any atom is 0.304 e. The Labute approximate surface area is 122 Å². The fraction of sp³-hybridized carbons (Fsp3) is 0.385. The van der Waals surface area contributed by atoms with Crippen LogP contribution in [-0.2, 0) is 14.8 Å². The van der Waals surface area contributed by atoms with Gasteiger partial charge in [-0.3, -0.25) is 4.79 Å². The molecule has 1 rings (SSSR count). The molecule has 0 bridgehead atoms. The van der Waals surface area contributed by atoms with Crippen LogP contribution in [0.15, 0.2) is 23.1 Å². The van der Waals surface area contributed by atoms with Gasteiger partial charge in [0.2, 0.25) is 10.0 Å². The Morgan fingerprint density at radius 2 is 2.19 bits per heavy atom. The van der Waals surface area contributed by atoms with Gasteiger partial charge in [0.1, 0.15) is 11.9 Å². The first-order valence-corrected chi connectivity index (χ1v) is 7.72. The molecule has 6 nitrogen and oxygen atoms in total. The van der Waals surface area contributed by atoms with Gasteiger partial charge >= 0.3 is 5.97 Å². The van der Waals surface area contributed by atoms with E-state index in [1.807, 2.05) is 0 Å². The molecule has 1 aromatic rings. The minimum atomic E-state index is -4.01. The van der Waals surface area contributed by atoms with Crippen molar-refractivity contribution in [3.8, 4) is 6.07 Å². The molecule has 1 unspecified atom stereocenters. The molecule has 21 heavy (non-hydrogen) atoms. The van der Waals surface area contributed by atoms with E-state index in [9.17, 15) is 17.6 Å². The third kappa shape index (κ3) is 4.81. The maximum absolute atomic E-state index is 13.2. The van der Waals surface area contributed by atoms with Crippen molar-refractivity contribution in [1.29, 1.82) is 5.26 Å². The Balaban J connectivity index is 3.04. The van der Waals surface area contributed by atoms with Gasteiger partial charge in [-0.25, -0.2) is 17.5 Å². The van der Waals surface area contributed by atoms with Crippen LogP contribution in [0.5, 0.6) is 0 Å². The van der Waals surface area contributed by atoms with Crippen LogP contribution in [0.3, 0.4) is 0 Å². The van der Waals surface area contributed by atoms with E-state index in [1.54, 1.807) is 13.0 Å². The molecule has 8 heteroatoms. The monoisotopic (exact) mass is 314 g/mol. The van der Waals surface area contributed by atoms with Crippen molar-refractivity contribution in [1.82, 2.24) is 4.72 Å². The summed E-state index contributed by atoms with van der Waals surface area (Å²) in [7, 11) is -4.01. The van der Waals surface area contributed by atoms with E-state index in [0.717, 1.165) is 18.2 Å². The van der Waals surface area contributed by atoms with Crippen molar-refractivity contribution in [3.05, 3.63) is 29.6 Å². The lowest BCUT2D eigenvalue weighted by Crippen LogP contribution is -2.36. The number of carboxylic acid groups (broad SMARTS) is 1. The average Bonchev–Trinajstić information content (AvgIpc) is 2.38. The Bertz CT molecular complexity index is 667. The first kappa shape index (κ1) is 17.1. The summed E-state index contributed by atoms with van der Waals surface area (Å²) in [6.45, 7) is 1.80. The highest BCUT2D eigenvalue weighted by Crippen LogP contribution is 2.16. The fourth-order valence-electron chi connectivity index (χ4n) is 1.81. The van der Waals surface area contributed by atoms with Gasteiger partial charge in [0, 0.05) is 6.04 Å². The standard InChI is InChI=1S/C13H15FN2O4S/c1-2-3-10(7-13(17)18)16-21(19,20)11-4-5-12(14)9(6-11)8-15/h4-6,10,16H,2-3,7H2,1H3,(H,17,18). The van der Waals surface area contributed by atoms with E-state index < -0.39 is 27.9 Å². The number of carbonyl (C=O) groups is 1. The Hall–Kier alpha value is -1.98. The van der Waals surface area contributed by atoms with Crippen LogP contribution in [0.4, 0.5) is 4.39 Å². The van der Waals surface area contributed by atoms with Crippen LogP contribution in [-0.4, -0.2) is 25.5 Å². The van der Waals surface area contributed by atoms with Gasteiger partial charge in [0.15, 0.2) is 0 Å². The minimum absolute atomic E-state index is 0.271. The zero-order chi connectivity index (χ0) is 16.0. The molecule has 0 aliphatic heterocycles. The highest BCUT2D eigenvalue weighted by Gasteiger charge is 2.22. The van der Waals surface area contributed by atoms with E-state index in [0.29, 0.717) is 12.8 Å². The van der Waals surface area contributed by atoms with E-state index in [-0.39, 0.29) is 16.9 Å². The van der Waals surface area contributed by atoms with Gasteiger partial charge in [-0.15, -0.1) is 0 Å². The molecular weight excluding hydrogens is 299 g/mol. The summed E-state index contributed by atoms with van der Waals surface area (Å²) in [4.78, 5) is 10.5. The summed E-state index contributed by atoms with van der Waals surface area (Å²) in [5.74, 6) is -1.93. The Kier molecular flexibility index (Phi) is 5.81. The van der Waals surface area contributed by atoms with Crippen molar-refractivity contribution in [2.45, 2.75) is 37.1 Å². The number of rotatable bonds is 7. The number of hydrogen-bond acceptors (Lipinski definition) is 4. The maximum atomic E-state index is 13.2. The largest absolute Gasteiger partial charge is 0.481 e. The quantitative estimate of drug-likeness (QED) is 0.795. The zero-order valence-electron chi connectivity index (χ0n) is 11.3. The molecule has 114 valence electrons. The number of nitriles is 1. The van der Waals surface area contributed by atoms with Crippen LogP contribution < -0.4 is 4.72 Å². The predicted molar refractivity (Wildman–Crippen MR) is 72.4 cm³/mol. The van der Waals surface area contributed by atoms with E-state index in [1.165, 1.54) is 0 Å². The molecule has 0 aliphatic carbocycles. The summed E-state index contributed by atoms with van der Waals surface area (Å²) < 4.78 is 39.8. The number of sulfonamides is 1. The second-order valence-electron chi connectivity index (χ2n) is 4.46. The molecule has 2 N–H and O–H groups in total. The number of nitrogens with one attached hydrogen (secondary N) is 1. The zero-order valence-corrected chi connectivity index (χ0v) is 12.2. The van der Waals surface area contributed by atoms with E-state index in [4.69, 9.17) is 10.4 Å². The molecule has 0 spiro atoms. The summed E-state index contributed by atoms with van der Waals surface area (Å²) in [5, 5.41) is 17.5. The molecule has 1 atom stereocenters. The number of halogens is 1. The highest BCUT2D eigenvalue weighted by molar-refractivity contribution is 7.89. The molecule has 0 aliphatic rings. The van der Waals surface area contributed by atoms with E-state index in [2.05, 4.69) is 4.72 Å². The van der Waals surface area contributed by atoms with Crippen molar-refractivity contribution in [2.75, 3.05) is 0 Å². The number of nitrogens with zero attached hydrogens (tertiary/aromatic N) is 1. The molecular formula is C13H15FN2O4S. The molecule has 0 heterocycles. The van der Waals surface area contributed by atoms with Crippen LogP contribution in [0.1, 0.15) is 31.7 Å². The number of carboxylic acids is 1. The SMILES string of the molecule is CCCC(CC(=O)O)NS(=O)(=O)c1ccc(F)c(C#N)c1. The lowest BCUT2D eigenvalue weighted by molar-refractivity contribution is -0.137. The van der Waals surface area contributed by atoms with Crippen molar-refractivity contribution in [2.24, 2.45) is 0 Å². The third-order valence-electron chi connectivity index (χ3n) is 2.75. The van der Waals surface area contributed by atoms with E-state index >= 15 is 0 Å². The second-order valence-corrected chi connectivity index (χ2v) is 6.17. The van der Waals surface area contributed by atoms with Crippen LogP contribution in [0.25, 0.3) is 0 Å². The Morgan fingerprint density at radius 1 is 1.52 bits per heavy atom. The van der Waals surface area contributed by atoms with Crippen molar-refractivity contribution < 1.29 is 22.7 Å². The summed E-state index contributed by atoms with van der Waals surface area (Å²) >= 11 is 0. The number of aliphatic carboxylic acids is 1. The summed E-state index contributed by atoms with van der Waals surface area (Å²) in [5.41, 5.74) is -0.386. The average molecular weight is 314 g/mol. The molecule has 0 saturated carbocycles. The van der Waals surface area contributed by atoms with Crippen LogP contribution in [0, 0.1) is 17.1 Å². The number of hydrogen-bond donors (Lipinski definition) is 2. The molecule has 0 saturated heterocycles. The molecule has 0 aromatic heterocycles. The first-order chi connectivity index (χ1) is 9.80. The summed E-state index contributed by atoms with van der Waals surface area (Å²) in [6.07, 6.45) is 0.616. The van der Waals surface area contributed by atoms with Gasteiger partial charge in [0.05, 0.1) is 16.9 Å². The highest BCUT2D eigenvalue weighted by atomic mass is 32.2. The van der Waals surface area contributed by atoms with Gasteiger partial charge in [-0.05, 0) is 24.6 Å². The predicted octanol–water partition coefficient (Wildman–Crippen LogP) is 1.62. The molecule has 1 aromatic carbocycles. The molecule has 0 fully saturated rings. The fourth-order valence-corrected chi connectivity index (χ4v) is 3.10. The van der Waals surface area contributed by atoms with Crippen LogP contribution in [0.2, 0.25) is 0 Å². The lowest BCUT2D eigenvalue weighted by atomic mass is 10.1. The van der Waals surface area contributed by atoms with Crippen molar-refractivity contribution >= 4 is 16.0 Å². The van der Waals surface area contributed by atoms with Crippen molar-refractivity contribution in [3.63, 3.8) is 0 Å². The molecule has 0 radical (unpaired) electrons. The smallest absolute Gasteiger partial charge is 0.304 e. The topological polar surface area (TPSA) is 107 Å². The first-order valence-electron chi connectivity index (χ1n) is 6.24. The minimum Gasteiger partial charge on any atom is -0.481 e. The normalized spacial score (nSPS) is 12.6. The van der Waals surface area contributed by atoms with Gasteiger partial charge in [-0.1, -0.05) is 13.3 Å². The summed E-state index contributed by atoms with van der Waals surface area (Å²) in [6, 6.07) is 3.64. The second kappa shape index (κ2) is 7.15. The third-order valence-corrected chi connectivity index (χ3v) is 4.27. The Morgan fingerprint density at radius 3 is 2.71 bits per heavy atom. The number of benzene rings is 1. The molecule has 0 amide bonds. The van der Waals surface area contributed by atoms with Gasteiger partial charge in [-0.2, -0.15) is 5.26 Å². The van der Waals surface area contributed by atoms with Crippen LogP contribution >= 0.6 is 0 Å². The van der Waals surface area contributed by atoms with Gasteiger partial charge < -0.3 is 5.11 Å². The lowest BCUT2D eigenvalue weighted by Gasteiger charge is -2.16.